The molecule has 2 aromatic carbocycles. The first-order valence-electron chi connectivity index (χ1n) is 5.76. The molecule has 0 aliphatic rings. The van der Waals surface area contributed by atoms with E-state index in [4.69, 9.17) is 4.74 Å². The summed E-state index contributed by atoms with van der Waals surface area (Å²) in [6.07, 6.45) is 0. The first kappa shape index (κ1) is 14.0. The first-order chi connectivity index (χ1) is 9.02. The predicted molar refractivity (Wildman–Crippen MR) is 74.9 cm³/mol. The van der Waals surface area contributed by atoms with Crippen molar-refractivity contribution in [3.05, 3.63) is 64.7 Å². The third-order valence-electron chi connectivity index (χ3n) is 2.99. The van der Waals surface area contributed by atoms with E-state index in [2.05, 4.69) is 15.9 Å². The molecule has 0 amide bonds. The zero-order chi connectivity index (χ0) is 14.0. The lowest BCUT2D eigenvalue weighted by molar-refractivity contribution is 0.411. The smallest absolute Gasteiger partial charge is 0.131 e. The Hall–Kier alpha value is -1.42. The van der Waals surface area contributed by atoms with Crippen LogP contribution in [0.3, 0.4) is 0 Å². The second-order valence-electron chi connectivity index (χ2n) is 4.25. The van der Waals surface area contributed by atoms with E-state index in [1.807, 2.05) is 0 Å². The van der Waals surface area contributed by atoms with Crippen LogP contribution in [0.4, 0.5) is 8.78 Å². The molecule has 0 saturated carbocycles. The van der Waals surface area contributed by atoms with Crippen molar-refractivity contribution in [3.8, 4) is 5.75 Å². The van der Waals surface area contributed by atoms with Gasteiger partial charge in [-0.2, -0.15) is 0 Å². The summed E-state index contributed by atoms with van der Waals surface area (Å²) in [4.78, 5) is -0.320. The Morgan fingerprint density at radius 2 is 1.74 bits per heavy atom. The van der Waals surface area contributed by atoms with Crippen LogP contribution in [-0.4, -0.2) is 7.11 Å². The predicted octanol–water partition coefficient (Wildman–Crippen LogP) is 4.77. The molecule has 0 bridgehead atoms. The topological polar surface area (TPSA) is 9.23 Å². The lowest BCUT2D eigenvalue weighted by Gasteiger charge is -2.15. The van der Waals surface area contributed by atoms with E-state index < -0.39 is 0 Å². The van der Waals surface area contributed by atoms with Crippen LogP contribution in [-0.2, 0) is 0 Å². The van der Waals surface area contributed by atoms with Gasteiger partial charge in [-0.1, -0.05) is 28.1 Å². The van der Waals surface area contributed by atoms with Gasteiger partial charge in [-0.25, -0.2) is 8.78 Å². The third-order valence-corrected chi connectivity index (χ3v) is 3.97. The van der Waals surface area contributed by atoms with E-state index in [-0.39, 0.29) is 16.5 Å². The molecule has 0 aliphatic heterocycles. The van der Waals surface area contributed by atoms with E-state index in [1.54, 1.807) is 25.1 Å². The van der Waals surface area contributed by atoms with Crippen LogP contribution in [0, 0.1) is 18.6 Å². The monoisotopic (exact) mass is 326 g/mol. The summed E-state index contributed by atoms with van der Waals surface area (Å²) in [5.41, 5.74) is 2.11. The summed E-state index contributed by atoms with van der Waals surface area (Å²) in [6, 6.07) is 9.17. The highest BCUT2D eigenvalue weighted by molar-refractivity contribution is 9.09. The number of hydrogen-bond acceptors (Lipinski definition) is 1. The van der Waals surface area contributed by atoms with Crippen LogP contribution in [0.25, 0.3) is 0 Å². The molecule has 0 spiro atoms. The van der Waals surface area contributed by atoms with Crippen LogP contribution in [0.2, 0.25) is 0 Å². The van der Waals surface area contributed by atoms with Crippen molar-refractivity contribution in [1.82, 2.24) is 0 Å². The second kappa shape index (κ2) is 5.70. The zero-order valence-corrected chi connectivity index (χ0v) is 12.2. The molecule has 0 heterocycles. The molecule has 0 radical (unpaired) electrons. The van der Waals surface area contributed by atoms with Gasteiger partial charge < -0.3 is 4.74 Å². The van der Waals surface area contributed by atoms with Crippen molar-refractivity contribution in [1.29, 1.82) is 0 Å². The minimum absolute atomic E-state index is 0.295. The van der Waals surface area contributed by atoms with Crippen LogP contribution < -0.4 is 4.74 Å². The molecule has 0 aromatic heterocycles. The first-order valence-corrected chi connectivity index (χ1v) is 6.68. The van der Waals surface area contributed by atoms with Gasteiger partial charge in [0.15, 0.2) is 0 Å². The lowest BCUT2D eigenvalue weighted by atomic mass is 10.00. The molecule has 1 nitrogen and oxygen atoms in total. The molecular formula is C15H13BrF2O. The maximum absolute atomic E-state index is 14.0. The number of ether oxygens (including phenoxy) is 1. The van der Waals surface area contributed by atoms with Crippen molar-refractivity contribution in [3.63, 3.8) is 0 Å². The SMILES string of the molecule is COc1ccc(C(Br)c2ccc(F)cc2C)c(F)c1. The molecule has 100 valence electrons. The normalized spacial score (nSPS) is 12.3. The molecule has 0 N–H and O–H groups in total. The van der Waals surface area contributed by atoms with Crippen molar-refractivity contribution < 1.29 is 13.5 Å². The molecule has 4 heteroatoms. The van der Waals surface area contributed by atoms with Gasteiger partial charge in [-0.05, 0) is 36.2 Å². The van der Waals surface area contributed by atoms with Gasteiger partial charge in [0.05, 0.1) is 11.9 Å². The van der Waals surface area contributed by atoms with Gasteiger partial charge in [0, 0.05) is 11.6 Å². The molecule has 0 aliphatic carbocycles. The van der Waals surface area contributed by atoms with Gasteiger partial charge in [-0.3, -0.25) is 0 Å². The van der Waals surface area contributed by atoms with E-state index >= 15 is 0 Å². The molecular weight excluding hydrogens is 314 g/mol. The number of benzene rings is 2. The fourth-order valence-electron chi connectivity index (χ4n) is 1.93. The van der Waals surface area contributed by atoms with Crippen LogP contribution in [0.15, 0.2) is 36.4 Å². The minimum atomic E-state index is -0.357. The number of methoxy groups -OCH3 is 1. The van der Waals surface area contributed by atoms with Crippen molar-refractivity contribution in [2.45, 2.75) is 11.8 Å². The summed E-state index contributed by atoms with van der Waals surface area (Å²) in [7, 11) is 1.49. The fraction of sp³-hybridized carbons (Fsp3) is 0.200. The number of halogens is 3. The molecule has 0 saturated heterocycles. The van der Waals surface area contributed by atoms with E-state index in [0.29, 0.717) is 11.3 Å². The molecule has 2 rings (SSSR count). The molecule has 1 atom stereocenters. The van der Waals surface area contributed by atoms with Gasteiger partial charge in [0.2, 0.25) is 0 Å². The fourth-order valence-corrected chi connectivity index (χ4v) is 2.82. The van der Waals surface area contributed by atoms with Gasteiger partial charge in [0.25, 0.3) is 0 Å². The summed E-state index contributed by atoms with van der Waals surface area (Å²) >= 11 is 3.46. The van der Waals surface area contributed by atoms with Crippen LogP contribution >= 0.6 is 15.9 Å². The van der Waals surface area contributed by atoms with Gasteiger partial charge >= 0.3 is 0 Å². The number of rotatable bonds is 3. The van der Waals surface area contributed by atoms with Crippen molar-refractivity contribution in [2.24, 2.45) is 0 Å². The van der Waals surface area contributed by atoms with E-state index in [0.717, 1.165) is 11.1 Å². The second-order valence-corrected chi connectivity index (χ2v) is 5.17. The highest BCUT2D eigenvalue weighted by Crippen LogP contribution is 2.35. The summed E-state index contributed by atoms with van der Waals surface area (Å²) < 4.78 is 32.1. The molecule has 19 heavy (non-hydrogen) atoms. The number of aryl methyl sites for hydroxylation is 1. The highest BCUT2D eigenvalue weighted by Gasteiger charge is 2.17. The Morgan fingerprint density at radius 3 is 2.32 bits per heavy atom. The Balaban J connectivity index is 2.41. The highest BCUT2D eigenvalue weighted by atomic mass is 79.9. The molecule has 2 aromatic rings. The molecule has 1 unspecified atom stereocenters. The average molecular weight is 327 g/mol. The largest absolute Gasteiger partial charge is 0.497 e. The van der Waals surface area contributed by atoms with Gasteiger partial charge in [0.1, 0.15) is 17.4 Å². The maximum atomic E-state index is 14.0. The minimum Gasteiger partial charge on any atom is -0.497 e. The average Bonchev–Trinajstić information content (AvgIpc) is 2.37. The summed E-state index contributed by atoms with van der Waals surface area (Å²) in [5, 5.41) is 0. The third kappa shape index (κ3) is 2.95. The molecule has 0 fully saturated rings. The summed E-state index contributed by atoms with van der Waals surface area (Å²) in [5.74, 6) is -0.183. The number of alkyl halides is 1. The number of hydrogen-bond donors (Lipinski definition) is 0. The van der Waals surface area contributed by atoms with Gasteiger partial charge in [-0.15, -0.1) is 0 Å². The summed E-state index contributed by atoms with van der Waals surface area (Å²) in [6.45, 7) is 1.80. The Morgan fingerprint density at radius 1 is 1.05 bits per heavy atom. The van der Waals surface area contributed by atoms with Crippen LogP contribution in [0.5, 0.6) is 5.75 Å². The Labute approximate surface area is 119 Å². The van der Waals surface area contributed by atoms with E-state index in [9.17, 15) is 8.78 Å². The zero-order valence-electron chi connectivity index (χ0n) is 10.6. The van der Waals surface area contributed by atoms with Crippen molar-refractivity contribution in [2.75, 3.05) is 7.11 Å². The van der Waals surface area contributed by atoms with Crippen LogP contribution in [0.1, 0.15) is 21.5 Å². The lowest BCUT2D eigenvalue weighted by Crippen LogP contribution is -2.00. The maximum Gasteiger partial charge on any atom is 0.131 e. The standard InChI is InChI=1S/C15H13BrF2O/c1-9-7-10(17)3-5-12(9)15(16)13-6-4-11(19-2)8-14(13)18/h3-8,15H,1-2H3. The van der Waals surface area contributed by atoms with E-state index in [1.165, 1.54) is 25.3 Å². The van der Waals surface area contributed by atoms with Crippen molar-refractivity contribution >= 4 is 15.9 Å². The quantitative estimate of drug-likeness (QED) is 0.738. The Kier molecular flexibility index (Phi) is 4.20. The Bertz CT molecular complexity index is 599.